The maximum Gasteiger partial charge on any atom is 0.259 e. The van der Waals surface area contributed by atoms with Crippen molar-refractivity contribution in [1.29, 1.82) is 0 Å². The highest BCUT2D eigenvalue weighted by molar-refractivity contribution is 6.06. The zero-order valence-corrected chi connectivity index (χ0v) is 17.8. The normalized spacial score (nSPS) is 10.8. The lowest BCUT2D eigenvalue weighted by Crippen LogP contribution is -2.13. The summed E-state index contributed by atoms with van der Waals surface area (Å²) < 4.78 is 7.24. The smallest absolute Gasteiger partial charge is 0.259 e. The van der Waals surface area contributed by atoms with E-state index in [1.54, 1.807) is 22.8 Å². The van der Waals surface area contributed by atoms with Crippen molar-refractivity contribution in [2.75, 3.05) is 11.9 Å². The summed E-state index contributed by atoms with van der Waals surface area (Å²) >= 11 is 0. The second-order valence-electron chi connectivity index (χ2n) is 7.19. The minimum Gasteiger partial charge on any atom is -0.493 e. The molecule has 8 nitrogen and oxygen atoms in total. The highest BCUT2D eigenvalue weighted by Crippen LogP contribution is 2.23. The van der Waals surface area contributed by atoms with Crippen molar-refractivity contribution in [1.82, 2.24) is 24.8 Å². The van der Waals surface area contributed by atoms with Crippen LogP contribution < -0.4 is 10.1 Å². The molecule has 0 saturated heterocycles. The van der Waals surface area contributed by atoms with Crippen LogP contribution in [-0.2, 0) is 0 Å². The number of amides is 1. The van der Waals surface area contributed by atoms with Crippen LogP contribution in [0.1, 0.15) is 17.3 Å². The molecular formula is C25H20N6O2. The van der Waals surface area contributed by atoms with Crippen LogP contribution in [0.3, 0.4) is 0 Å². The first-order valence-corrected chi connectivity index (χ1v) is 10.5. The Hall–Kier alpha value is -4.59. The first kappa shape index (κ1) is 20.3. The molecule has 0 aliphatic rings. The van der Waals surface area contributed by atoms with Gasteiger partial charge in [-0.3, -0.25) is 9.78 Å². The Labute approximate surface area is 189 Å². The van der Waals surface area contributed by atoms with Crippen molar-refractivity contribution >= 4 is 17.2 Å². The first-order valence-electron chi connectivity index (χ1n) is 10.5. The standard InChI is InChI=1S/C25H20N6O2/c1-2-33-22-9-4-3-7-19(22)25(32)27-18-12-10-17(11-13-18)20-14-15-23-28-29-24(31(23)30-20)21-8-5-6-16-26-21/h3-16H,2H2,1H3,(H,27,32). The van der Waals surface area contributed by atoms with E-state index in [0.717, 1.165) is 11.3 Å². The number of pyridine rings is 1. The Kier molecular flexibility index (Phi) is 5.47. The maximum atomic E-state index is 12.7. The van der Waals surface area contributed by atoms with E-state index < -0.39 is 0 Å². The van der Waals surface area contributed by atoms with Crippen LogP contribution in [-0.4, -0.2) is 37.3 Å². The van der Waals surface area contributed by atoms with Gasteiger partial charge in [0, 0.05) is 17.4 Å². The predicted molar refractivity (Wildman–Crippen MR) is 125 cm³/mol. The highest BCUT2D eigenvalue weighted by atomic mass is 16.5. The zero-order chi connectivity index (χ0) is 22.6. The SMILES string of the molecule is CCOc1ccccc1C(=O)Nc1ccc(-c2ccc3nnc(-c4ccccn4)n3n2)cc1. The van der Waals surface area contributed by atoms with E-state index in [1.807, 2.05) is 73.7 Å². The summed E-state index contributed by atoms with van der Waals surface area (Å²) in [6.07, 6.45) is 1.71. The number of aromatic nitrogens is 5. The number of carbonyl (C=O) groups excluding carboxylic acids is 1. The number of carbonyl (C=O) groups is 1. The van der Waals surface area contributed by atoms with Gasteiger partial charge in [-0.25, -0.2) is 0 Å². The fraction of sp³-hybridized carbons (Fsp3) is 0.0800. The third-order valence-electron chi connectivity index (χ3n) is 5.03. The third-order valence-corrected chi connectivity index (χ3v) is 5.03. The van der Waals surface area contributed by atoms with E-state index in [9.17, 15) is 4.79 Å². The molecule has 5 rings (SSSR count). The average molecular weight is 436 g/mol. The molecule has 0 atom stereocenters. The van der Waals surface area contributed by atoms with Crippen LogP contribution in [0.5, 0.6) is 5.75 Å². The number of rotatable bonds is 6. The Balaban J connectivity index is 1.39. The molecule has 0 bridgehead atoms. The molecule has 0 aliphatic carbocycles. The molecule has 8 heteroatoms. The van der Waals surface area contributed by atoms with Crippen molar-refractivity contribution in [3.05, 3.63) is 90.6 Å². The molecule has 0 fully saturated rings. The van der Waals surface area contributed by atoms with Crippen LogP contribution >= 0.6 is 0 Å². The number of hydrogen-bond acceptors (Lipinski definition) is 6. The topological polar surface area (TPSA) is 94.3 Å². The molecule has 1 N–H and O–H groups in total. The van der Waals surface area contributed by atoms with Crippen molar-refractivity contribution in [2.24, 2.45) is 0 Å². The quantitative estimate of drug-likeness (QED) is 0.421. The number of anilines is 1. The van der Waals surface area contributed by atoms with Crippen LogP contribution in [0.15, 0.2) is 85.1 Å². The number of nitrogens with one attached hydrogen (secondary N) is 1. The molecule has 0 saturated carbocycles. The molecule has 2 aromatic carbocycles. The molecule has 1 amide bonds. The summed E-state index contributed by atoms with van der Waals surface area (Å²) in [5.74, 6) is 0.907. The van der Waals surface area contributed by atoms with Crippen LogP contribution in [0.4, 0.5) is 5.69 Å². The Morgan fingerprint density at radius 2 is 1.73 bits per heavy atom. The zero-order valence-electron chi connectivity index (χ0n) is 17.8. The van der Waals surface area contributed by atoms with Gasteiger partial charge >= 0.3 is 0 Å². The number of hydrogen-bond donors (Lipinski definition) is 1. The second kappa shape index (κ2) is 8.88. The van der Waals surface area contributed by atoms with Gasteiger partial charge in [0.05, 0.1) is 17.9 Å². The van der Waals surface area contributed by atoms with Gasteiger partial charge in [0.1, 0.15) is 11.4 Å². The molecule has 33 heavy (non-hydrogen) atoms. The molecule has 0 spiro atoms. The Morgan fingerprint density at radius 1 is 0.909 bits per heavy atom. The van der Waals surface area contributed by atoms with E-state index >= 15 is 0 Å². The van der Waals surface area contributed by atoms with E-state index in [0.29, 0.717) is 40.8 Å². The Morgan fingerprint density at radius 3 is 2.52 bits per heavy atom. The van der Waals surface area contributed by atoms with Crippen molar-refractivity contribution < 1.29 is 9.53 Å². The molecular weight excluding hydrogens is 416 g/mol. The third kappa shape index (κ3) is 4.14. The number of fused-ring (bicyclic) bond motifs is 1. The summed E-state index contributed by atoms with van der Waals surface area (Å²) in [6, 6.07) is 24.0. The van der Waals surface area contributed by atoms with Gasteiger partial charge in [0.15, 0.2) is 5.65 Å². The number of benzene rings is 2. The van der Waals surface area contributed by atoms with Crippen molar-refractivity contribution in [3.63, 3.8) is 0 Å². The van der Waals surface area contributed by atoms with Gasteiger partial charge in [-0.15, -0.1) is 10.2 Å². The molecule has 0 aliphatic heterocycles. The van der Waals surface area contributed by atoms with Gasteiger partial charge < -0.3 is 10.1 Å². The average Bonchev–Trinajstić information content (AvgIpc) is 3.29. The molecule has 3 aromatic heterocycles. The lowest BCUT2D eigenvalue weighted by molar-refractivity contribution is 0.102. The summed E-state index contributed by atoms with van der Waals surface area (Å²) in [5.41, 5.74) is 4.14. The molecule has 0 radical (unpaired) electrons. The minimum absolute atomic E-state index is 0.226. The number of para-hydroxylation sites is 1. The molecule has 3 heterocycles. The summed E-state index contributed by atoms with van der Waals surface area (Å²) in [7, 11) is 0. The molecule has 0 unspecified atom stereocenters. The lowest BCUT2D eigenvalue weighted by atomic mass is 10.1. The fourth-order valence-electron chi connectivity index (χ4n) is 3.46. The van der Waals surface area contributed by atoms with Gasteiger partial charge in [-0.2, -0.15) is 9.61 Å². The monoisotopic (exact) mass is 436 g/mol. The maximum absolute atomic E-state index is 12.7. The van der Waals surface area contributed by atoms with Crippen LogP contribution in [0, 0.1) is 0 Å². The summed E-state index contributed by atoms with van der Waals surface area (Å²) in [4.78, 5) is 17.1. The largest absolute Gasteiger partial charge is 0.493 e. The number of ether oxygens (including phenoxy) is 1. The molecule has 162 valence electrons. The van der Waals surface area contributed by atoms with Gasteiger partial charge in [-0.05, 0) is 55.5 Å². The fourth-order valence-corrected chi connectivity index (χ4v) is 3.46. The summed E-state index contributed by atoms with van der Waals surface area (Å²) in [5, 5.41) is 16.0. The summed E-state index contributed by atoms with van der Waals surface area (Å²) in [6.45, 7) is 2.38. The van der Waals surface area contributed by atoms with Crippen LogP contribution in [0.25, 0.3) is 28.4 Å². The van der Waals surface area contributed by atoms with Crippen molar-refractivity contribution in [3.8, 4) is 28.5 Å². The predicted octanol–water partition coefficient (Wildman–Crippen LogP) is 4.50. The van der Waals surface area contributed by atoms with Gasteiger partial charge in [-0.1, -0.05) is 30.3 Å². The first-order chi connectivity index (χ1) is 16.2. The second-order valence-corrected chi connectivity index (χ2v) is 7.19. The lowest BCUT2D eigenvalue weighted by Gasteiger charge is -2.11. The molecule has 5 aromatic rings. The van der Waals surface area contributed by atoms with E-state index in [2.05, 4.69) is 20.5 Å². The van der Waals surface area contributed by atoms with Gasteiger partial charge in [0.2, 0.25) is 5.82 Å². The van der Waals surface area contributed by atoms with E-state index in [-0.39, 0.29) is 5.91 Å². The highest BCUT2D eigenvalue weighted by Gasteiger charge is 2.13. The van der Waals surface area contributed by atoms with Crippen LogP contribution in [0.2, 0.25) is 0 Å². The van der Waals surface area contributed by atoms with Gasteiger partial charge in [0.25, 0.3) is 5.91 Å². The minimum atomic E-state index is -0.226. The van der Waals surface area contributed by atoms with Crippen molar-refractivity contribution in [2.45, 2.75) is 6.92 Å². The Bertz CT molecular complexity index is 1410. The van der Waals surface area contributed by atoms with E-state index in [1.165, 1.54) is 0 Å². The van der Waals surface area contributed by atoms with E-state index in [4.69, 9.17) is 9.84 Å². The number of nitrogens with zero attached hydrogens (tertiary/aromatic N) is 5.